The SMILES string of the molecule is SC1=NCN(SSN2CN=C(S)S2)S1. The predicted octanol–water partition coefficient (Wildman–Crippen LogP) is 2.61. The Morgan fingerprint density at radius 3 is 1.71 bits per heavy atom. The van der Waals surface area contributed by atoms with E-state index in [1.165, 1.54) is 0 Å². The summed E-state index contributed by atoms with van der Waals surface area (Å²) >= 11 is 11.4. The fourth-order valence-electron chi connectivity index (χ4n) is 0.686. The van der Waals surface area contributed by atoms with Crippen LogP contribution in [0.25, 0.3) is 0 Å². The molecule has 0 aromatic heterocycles. The van der Waals surface area contributed by atoms with Gasteiger partial charge in [-0.25, -0.2) is 0 Å². The minimum atomic E-state index is 0.689. The summed E-state index contributed by atoms with van der Waals surface area (Å²) in [5, 5.41) is 0. The van der Waals surface area contributed by atoms with Gasteiger partial charge in [-0.1, -0.05) is 0 Å². The number of hydrogen-bond acceptors (Lipinski definition) is 8. The van der Waals surface area contributed by atoms with Crippen molar-refractivity contribution in [2.75, 3.05) is 13.3 Å². The van der Waals surface area contributed by atoms with Crippen LogP contribution >= 0.6 is 71.1 Å². The monoisotopic (exact) mass is 302 g/mol. The molecule has 0 spiro atoms. The van der Waals surface area contributed by atoms with Crippen molar-refractivity contribution in [3.05, 3.63) is 0 Å². The summed E-state index contributed by atoms with van der Waals surface area (Å²) in [6.07, 6.45) is 0. The van der Waals surface area contributed by atoms with Gasteiger partial charge in [0.25, 0.3) is 0 Å². The van der Waals surface area contributed by atoms with E-state index < -0.39 is 0 Å². The second-order valence-corrected chi connectivity index (χ2v) is 8.17. The number of rotatable bonds is 3. The molecule has 0 aromatic rings. The van der Waals surface area contributed by atoms with Crippen molar-refractivity contribution < 1.29 is 0 Å². The fourth-order valence-corrected chi connectivity index (χ4v) is 5.35. The molecular weight excluding hydrogens is 296 g/mol. The van der Waals surface area contributed by atoms with Gasteiger partial charge in [0.15, 0.2) is 0 Å². The van der Waals surface area contributed by atoms with Crippen LogP contribution in [-0.2, 0) is 0 Å². The van der Waals surface area contributed by atoms with E-state index in [-0.39, 0.29) is 0 Å². The van der Waals surface area contributed by atoms with Crippen LogP contribution in [0.15, 0.2) is 9.98 Å². The molecule has 0 N–H and O–H groups in total. The molecule has 2 rings (SSSR count). The average molecular weight is 303 g/mol. The second kappa shape index (κ2) is 5.62. The normalized spacial score (nSPS) is 24.1. The van der Waals surface area contributed by atoms with E-state index in [1.807, 2.05) is 0 Å². The van der Waals surface area contributed by atoms with Crippen LogP contribution < -0.4 is 0 Å². The maximum Gasteiger partial charge on any atom is 0.139 e. The zero-order valence-corrected chi connectivity index (χ0v) is 11.8. The molecule has 0 unspecified atom stereocenters. The maximum atomic E-state index is 4.16. The lowest BCUT2D eigenvalue weighted by atomic mass is 11.2. The quantitative estimate of drug-likeness (QED) is 0.473. The Morgan fingerprint density at radius 1 is 1.00 bits per heavy atom. The molecule has 0 radical (unpaired) electrons. The summed E-state index contributed by atoms with van der Waals surface area (Å²) in [4.78, 5) is 8.29. The second-order valence-electron chi connectivity index (χ2n) is 2.16. The Kier molecular flexibility index (Phi) is 4.75. The van der Waals surface area contributed by atoms with Crippen LogP contribution in [0.4, 0.5) is 0 Å². The molecule has 0 fully saturated rings. The highest BCUT2D eigenvalue weighted by Gasteiger charge is 2.20. The van der Waals surface area contributed by atoms with Crippen LogP contribution in [-0.4, -0.2) is 29.5 Å². The van der Waals surface area contributed by atoms with Gasteiger partial charge in [-0.2, -0.15) is 7.42 Å². The summed E-state index contributed by atoms with van der Waals surface area (Å²) in [7, 11) is 3.27. The summed E-state index contributed by atoms with van der Waals surface area (Å²) in [6.45, 7) is 1.38. The number of nitrogens with zero attached hydrogens (tertiary/aromatic N) is 4. The molecule has 2 aliphatic rings. The highest BCUT2D eigenvalue weighted by Crippen LogP contribution is 2.42. The highest BCUT2D eigenvalue weighted by molar-refractivity contribution is 8.77. The Bertz CT molecular complexity index is 251. The Labute approximate surface area is 110 Å². The van der Waals surface area contributed by atoms with Crippen molar-refractivity contribution in [3.63, 3.8) is 0 Å². The van der Waals surface area contributed by atoms with E-state index in [0.717, 1.165) is 8.75 Å². The van der Waals surface area contributed by atoms with Gasteiger partial charge in [-0.05, 0) is 23.9 Å². The molecular formula is C4H6N4S6. The van der Waals surface area contributed by atoms with Crippen LogP contribution in [0.5, 0.6) is 0 Å². The van der Waals surface area contributed by atoms with E-state index in [0.29, 0.717) is 13.3 Å². The van der Waals surface area contributed by atoms with Gasteiger partial charge in [-0.3, -0.25) is 9.98 Å². The molecule has 4 nitrogen and oxygen atoms in total. The average Bonchev–Trinajstić information content (AvgIpc) is 2.72. The lowest BCUT2D eigenvalue weighted by Gasteiger charge is -2.13. The smallest absolute Gasteiger partial charge is 0.139 e. The molecule has 0 atom stereocenters. The van der Waals surface area contributed by atoms with Gasteiger partial charge in [0.2, 0.25) is 0 Å². The largest absolute Gasteiger partial charge is 0.253 e. The van der Waals surface area contributed by atoms with E-state index in [1.54, 1.807) is 45.9 Å². The third-order valence-corrected chi connectivity index (χ3v) is 6.58. The zero-order valence-electron chi connectivity index (χ0n) is 6.73. The van der Waals surface area contributed by atoms with E-state index in [9.17, 15) is 0 Å². The summed E-state index contributed by atoms with van der Waals surface area (Å²) in [6, 6.07) is 0. The van der Waals surface area contributed by atoms with E-state index in [4.69, 9.17) is 0 Å². The molecule has 2 aliphatic heterocycles. The molecule has 10 heteroatoms. The van der Waals surface area contributed by atoms with Crippen molar-refractivity contribution in [2.24, 2.45) is 9.98 Å². The molecule has 0 aromatic carbocycles. The first-order chi connectivity index (χ1) is 6.74. The molecule has 2 heterocycles. The third-order valence-electron chi connectivity index (χ3n) is 1.21. The molecule has 0 saturated heterocycles. The van der Waals surface area contributed by atoms with Crippen molar-refractivity contribution >= 4 is 79.9 Å². The molecule has 0 bridgehead atoms. The van der Waals surface area contributed by atoms with Crippen molar-refractivity contribution in [2.45, 2.75) is 0 Å². The topological polar surface area (TPSA) is 31.2 Å². The maximum absolute atomic E-state index is 4.16. The first kappa shape index (κ1) is 11.8. The molecule has 14 heavy (non-hydrogen) atoms. The molecule has 78 valence electrons. The van der Waals surface area contributed by atoms with Crippen molar-refractivity contribution in [1.29, 1.82) is 0 Å². The van der Waals surface area contributed by atoms with E-state index in [2.05, 4.69) is 42.7 Å². The summed E-state index contributed by atoms with van der Waals surface area (Å²) in [5.41, 5.74) is 0. The first-order valence-electron chi connectivity index (χ1n) is 3.46. The number of aliphatic imine (C=N–C) groups is 2. The first-order valence-corrected chi connectivity index (χ1v) is 7.97. The van der Waals surface area contributed by atoms with Gasteiger partial charge < -0.3 is 0 Å². The zero-order chi connectivity index (χ0) is 9.97. The van der Waals surface area contributed by atoms with Crippen molar-refractivity contribution in [3.8, 4) is 0 Å². The van der Waals surface area contributed by atoms with Crippen LogP contribution in [0.2, 0.25) is 0 Å². The van der Waals surface area contributed by atoms with Crippen LogP contribution in [0.3, 0.4) is 0 Å². The molecule has 0 saturated carbocycles. The van der Waals surface area contributed by atoms with Gasteiger partial charge in [0, 0.05) is 22.0 Å². The lowest BCUT2D eigenvalue weighted by molar-refractivity contribution is 0.781. The molecule has 0 amide bonds. The Balaban J connectivity index is 1.65. The third kappa shape index (κ3) is 3.44. The minimum Gasteiger partial charge on any atom is -0.253 e. The standard InChI is InChI=1S/C4H6N4S6/c9-3-5-1-7(11-3)13-14-8-2-6-4(10)12-8/h1-2H2,(H,5,9)(H,6,10). The fraction of sp³-hybridized carbons (Fsp3) is 0.500. The minimum absolute atomic E-state index is 0.689. The van der Waals surface area contributed by atoms with E-state index >= 15 is 0 Å². The predicted molar refractivity (Wildman–Crippen MR) is 76.6 cm³/mol. The molecule has 0 aliphatic carbocycles. The van der Waals surface area contributed by atoms with Crippen LogP contribution in [0, 0.1) is 0 Å². The Hall–Kier alpha value is 1.36. The lowest BCUT2D eigenvalue weighted by Crippen LogP contribution is -2.04. The van der Waals surface area contributed by atoms with Gasteiger partial charge >= 0.3 is 0 Å². The summed E-state index contributed by atoms with van der Waals surface area (Å²) in [5.74, 6) is 0. The summed E-state index contributed by atoms with van der Waals surface area (Å²) < 4.78 is 5.75. The van der Waals surface area contributed by atoms with Gasteiger partial charge in [0.1, 0.15) is 22.1 Å². The van der Waals surface area contributed by atoms with Crippen LogP contribution in [0.1, 0.15) is 0 Å². The van der Waals surface area contributed by atoms with Gasteiger partial charge in [0.05, 0.1) is 0 Å². The Morgan fingerprint density at radius 2 is 1.43 bits per heavy atom. The van der Waals surface area contributed by atoms with Crippen molar-refractivity contribution in [1.82, 2.24) is 7.42 Å². The number of hydrogen-bond donors (Lipinski definition) is 2. The highest BCUT2D eigenvalue weighted by atomic mass is 33.1. The van der Waals surface area contributed by atoms with Gasteiger partial charge in [-0.15, -0.1) is 25.3 Å². The number of thiol groups is 2.